The highest BCUT2D eigenvalue weighted by Crippen LogP contribution is 2.23. The lowest BCUT2D eigenvalue weighted by Gasteiger charge is -2.27. The van der Waals surface area contributed by atoms with E-state index in [4.69, 9.17) is 11.6 Å². The van der Waals surface area contributed by atoms with E-state index < -0.39 is 0 Å². The van der Waals surface area contributed by atoms with E-state index in [9.17, 15) is 4.79 Å². The van der Waals surface area contributed by atoms with Crippen LogP contribution in [-0.2, 0) is 0 Å². The van der Waals surface area contributed by atoms with Crippen LogP contribution in [0.2, 0.25) is 0 Å². The first-order valence-electron chi connectivity index (χ1n) is 5.77. The topological polar surface area (TPSA) is 29.1 Å². The quantitative estimate of drug-likeness (QED) is 0.788. The summed E-state index contributed by atoms with van der Waals surface area (Å²) in [6.07, 6.45) is 4.32. The van der Waals surface area contributed by atoms with Crippen LogP contribution in [0.3, 0.4) is 0 Å². The van der Waals surface area contributed by atoms with Gasteiger partial charge in [-0.15, -0.1) is 11.6 Å². The van der Waals surface area contributed by atoms with Gasteiger partial charge in [0.2, 0.25) is 0 Å². The van der Waals surface area contributed by atoms with Crippen molar-refractivity contribution in [2.24, 2.45) is 0 Å². The van der Waals surface area contributed by atoms with Gasteiger partial charge in [-0.2, -0.15) is 0 Å². The summed E-state index contributed by atoms with van der Waals surface area (Å²) in [5.41, 5.74) is 0.706. The van der Waals surface area contributed by atoms with Crippen LogP contribution in [-0.4, -0.2) is 17.3 Å². The zero-order valence-corrected chi connectivity index (χ0v) is 9.91. The number of rotatable bonds is 2. The molecule has 0 spiro atoms. The smallest absolute Gasteiger partial charge is 0.251 e. The third-order valence-electron chi connectivity index (χ3n) is 3.03. The van der Waals surface area contributed by atoms with Crippen LogP contribution >= 0.6 is 11.6 Å². The average molecular weight is 238 g/mol. The van der Waals surface area contributed by atoms with Gasteiger partial charge in [0.25, 0.3) is 5.91 Å². The zero-order chi connectivity index (χ0) is 11.4. The Balaban J connectivity index is 1.96. The number of nitrogens with one attached hydrogen (secondary N) is 1. The Kier molecular flexibility index (Phi) is 3.83. The highest BCUT2D eigenvalue weighted by Gasteiger charge is 2.24. The van der Waals surface area contributed by atoms with Gasteiger partial charge < -0.3 is 5.32 Å². The normalized spacial score (nSPS) is 25.1. The van der Waals surface area contributed by atoms with Crippen LogP contribution in [0.25, 0.3) is 0 Å². The summed E-state index contributed by atoms with van der Waals surface area (Å²) in [4.78, 5) is 11.9. The predicted octanol–water partition coefficient (Wildman–Crippen LogP) is 2.97. The molecule has 1 aromatic rings. The molecule has 0 radical (unpaired) electrons. The van der Waals surface area contributed by atoms with Crippen LogP contribution < -0.4 is 5.32 Å². The van der Waals surface area contributed by atoms with Crippen molar-refractivity contribution in [1.29, 1.82) is 0 Å². The molecule has 0 aliphatic heterocycles. The van der Waals surface area contributed by atoms with Gasteiger partial charge in [-0.3, -0.25) is 4.79 Å². The summed E-state index contributed by atoms with van der Waals surface area (Å²) in [5, 5.41) is 3.10. The molecule has 2 rings (SSSR count). The van der Waals surface area contributed by atoms with Crippen LogP contribution in [0, 0.1) is 0 Å². The van der Waals surface area contributed by atoms with Gasteiger partial charge in [-0.05, 0) is 25.0 Å². The molecule has 0 heterocycles. The molecule has 1 amide bonds. The number of alkyl halides is 1. The van der Waals surface area contributed by atoms with Crippen molar-refractivity contribution in [3.63, 3.8) is 0 Å². The molecule has 0 aromatic heterocycles. The van der Waals surface area contributed by atoms with E-state index in [1.165, 1.54) is 6.42 Å². The molecule has 1 aromatic carbocycles. The monoisotopic (exact) mass is 237 g/mol. The van der Waals surface area contributed by atoms with Crippen molar-refractivity contribution in [1.82, 2.24) is 5.32 Å². The van der Waals surface area contributed by atoms with Gasteiger partial charge in [-0.1, -0.05) is 31.0 Å². The third-order valence-corrected chi connectivity index (χ3v) is 3.56. The Bertz CT molecular complexity index is 352. The molecule has 1 N–H and O–H groups in total. The lowest BCUT2D eigenvalue weighted by Crippen LogP contribution is -2.42. The summed E-state index contributed by atoms with van der Waals surface area (Å²) in [6.45, 7) is 0. The van der Waals surface area contributed by atoms with Gasteiger partial charge >= 0.3 is 0 Å². The Hall–Kier alpha value is -1.02. The van der Waals surface area contributed by atoms with E-state index in [0.717, 1.165) is 19.3 Å². The van der Waals surface area contributed by atoms with Gasteiger partial charge in [0.15, 0.2) is 0 Å². The lowest BCUT2D eigenvalue weighted by molar-refractivity contribution is 0.0928. The number of carbonyl (C=O) groups excluding carboxylic acids is 1. The maximum atomic E-state index is 11.9. The van der Waals surface area contributed by atoms with Crippen LogP contribution in [0.1, 0.15) is 36.0 Å². The number of hydrogen-bond acceptors (Lipinski definition) is 1. The maximum Gasteiger partial charge on any atom is 0.251 e. The predicted molar refractivity (Wildman–Crippen MR) is 65.8 cm³/mol. The second-order valence-electron chi connectivity index (χ2n) is 4.25. The Labute approximate surface area is 101 Å². The maximum absolute atomic E-state index is 11.9. The molecule has 1 aliphatic rings. The van der Waals surface area contributed by atoms with Crippen molar-refractivity contribution < 1.29 is 4.79 Å². The molecular weight excluding hydrogens is 222 g/mol. The number of hydrogen-bond donors (Lipinski definition) is 1. The Morgan fingerprint density at radius 1 is 1.19 bits per heavy atom. The van der Waals surface area contributed by atoms with Crippen molar-refractivity contribution in [2.75, 3.05) is 0 Å². The van der Waals surface area contributed by atoms with E-state index in [-0.39, 0.29) is 17.3 Å². The van der Waals surface area contributed by atoms with E-state index >= 15 is 0 Å². The lowest BCUT2D eigenvalue weighted by atomic mass is 9.94. The molecule has 1 saturated carbocycles. The fourth-order valence-corrected chi connectivity index (χ4v) is 2.43. The minimum absolute atomic E-state index is 0.0156. The minimum Gasteiger partial charge on any atom is -0.348 e. The van der Waals surface area contributed by atoms with Crippen LogP contribution in [0.4, 0.5) is 0 Å². The van der Waals surface area contributed by atoms with Crippen molar-refractivity contribution in [3.05, 3.63) is 35.9 Å². The SMILES string of the molecule is O=C(N[C@@H]1CCCC[C@H]1Cl)c1ccccc1. The van der Waals surface area contributed by atoms with Gasteiger partial charge in [0, 0.05) is 11.6 Å². The fourth-order valence-electron chi connectivity index (χ4n) is 2.09. The fraction of sp³-hybridized carbons (Fsp3) is 0.462. The summed E-state index contributed by atoms with van der Waals surface area (Å²) >= 11 is 6.20. The molecular formula is C13H16ClNO. The van der Waals surface area contributed by atoms with E-state index in [0.29, 0.717) is 5.56 Å². The molecule has 0 saturated heterocycles. The van der Waals surface area contributed by atoms with E-state index in [1.807, 2.05) is 30.3 Å². The molecule has 2 atom stereocenters. The summed E-state index contributed by atoms with van der Waals surface area (Å²) in [5.74, 6) is -0.0156. The Morgan fingerprint density at radius 2 is 1.88 bits per heavy atom. The molecule has 1 fully saturated rings. The third kappa shape index (κ3) is 2.76. The number of amides is 1. The first-order valence-corrected chi connectivity index (χ1v) is 6.21. The van der Waals surface area contributed by atoms with Crippen LogP contribution in [0.15, 0.2) is 30.3 Å². The average Bonchev–Trinajstić information content (AvgIpc) is 2.33. The summed E-state index contributed by atoms with van der Waals surface area (Å²) in [7, 11) is 0. The molecule has 16 heavy (non-hydrogen) atoms. The number of halogens is 1. The largest absolute Gasteiger partial charge is 0.348 e. The first kappa shape index (κ1) is 11.5. The molecule has 3 heteroatoms. The van der Waals surface area contributed by atoms with E-state index in [2.05, 4.69) is 5.32 Å². The van der Waals surface area contributed by atoms with Gasteiger partial charge in [-0.25, -0.2) is 0 Å². The zero-order valence-electron chi connectivity index (χ0n) is 9.16. The minimum atomic E-state index is -0.0156. The van der Waals surface area contributed by atoms with Crippen molar-refractivity contribution in [2.45, 2.75) is 37.1 Å². The van der Waals surface area contributed by atoms with Crippen LogP contribution in [0.5, 0.6) is 0 Å². The number of benzene rings is 1. The van der Waals surface area contributed by atoms with Crippen molar-refractivity contribution >= 4 is 17.5 Å². The number of carbonyl (C=O) groups is 1. The molecule has 0 unspecified atom stereocenters. The molecule has 86 valence electrons. The highest BCUT2D eigenvalue weighted by molar-refractivity contribution is 6.21. The standard InChI is InChI=1S/C13H16ClNO/c14-11-8-4-5-9-12(11)15-13(16)10-6-2-1-3-7-10/h1-3,6-7,11-12H,4-5,8-9H2,(H,15,16)/t11-,12-/m1/s1. The molecule has 2 nitrogen and oxygen atoms in total. The first-order chi connectivity index (χ1) is 7.77. The second-order valence-corrected chi connectivity index (χ2v) is 4.81. The Morgan fingerprint density at radius 3 is 2.56 bits per heavy atom. The van der Waals surface area contributed by atoms with E-state index in [1.54, 1.807) is 0 Å². The molecule has 0 bridgehead atoms. The second kappa shape index (κ2) is 5.35. The van der Waals surface area contributed by atoms with Gasteiger partial charge in [0.05, 0.1) is 5.38 Å². The van der Waals surface area contributed by atoms with Crippen molar-refractivity contribution in [3.8, 4) is 0 Å². The molecule has 1 aliphatic carbocycles. The summed E-state index contributed by atoms with van der Waals surface area (Å²) < 4.78 is 0. The van der Waals surface area contributed by atoms with Gasteiger partial charge in [0.1, 0.15) is 0 Å². The summed E-state index contributed by atoms with van der Waals surface area (Å²) in [6, 6.07) is 9.41. The highest BCUT2D eigenvalue weighted by atomic mass is 35.5.